The number of hydrogen-bond acceptors (Lipinski definition) is 5. The number of phenols is 1. The predicted molar refractivity (Wildman–Crippen MR) is 82.3 cm³/mol. The molecule has 0 radical (unpaired) electrons. The van der Waals surface area contributed by atoms with Crippen LogP contribution in [0.1, 0.15) is 32.8 Å². The van der Waals surface area contributed by atoms with Gasteiger partial charge in [-0.25, -0.2) is 4.99 Å². The van der Waals surface area contributed by atoms with Gasteiger partial charge < -0.3 is 15.2 Å². The molecule has 1 aromatic carbocycles. The third kappa shape index (κ3) is 5.27. The lowest BCUT2D eigenvalue weighted by molar-refractivity contribution is 0.154. The monoisotopic (exact) mass is 291 g/mol. The number of phenolic OH excluding ortho intramolecular Hbond substituents is 1. The molecular weight excluding hydrogens is 270 g/mol. The molecule has 21 heavy (non-hydrogen) atoms. The summed E-state index contributed by atoms with van der Waals surface area (Å²) < 4.78 is 0. The summed E-state index contributed by atoms with van der Waals surface area (Å²) in [4.78, 5) is 8.92. The van der Waals surface area contributed by atoms with E-state index in [0.717, 1.165) is 0 Å². The van der Waals surface area contributed by atoms with Crippen LogP contribution in [-0.4, -0.2) is 22.4 Å². The van der Waals surface area contributed by atoms with E-state index in [0.29, 0.717) is 17.7 Å². The average Bonchev–Trinajstić information content (AvgIpc) is 2.43. The zero-order chi connectivity index (χ0) is 15.9. The Balaban J connectivity index is 2.75. The van der Waals surface area contributed by atoms with Crippen molar-refractivity contribution in [3.63, 3.8) is 0 Å². The lowest BCUT2D eigenvalue weighted by atomic mass is 9.93. The maximum Gasteiger partial charge on any atom is 0.198 e. The Hall–Kier alpha value is -2.34. The first-order valence-electron chi connectivity index (χ1n) is 6.50. The van der Waals surface area contributed by atoms with Crippen LogP contribution in [0.4, 0.5) is 0 Å². The summed E-state index contributed by atoms with van der Waals surface area (Å²) in [5.74, 6) is 6.18. The molecule has 0 aliphatic heterocycles. The number of hydrogen-bond donors (Lipinski definition) is 3. The molecule has 0 aliphatic carbocycles. The molecule has 6 heteroatoms. The van der Waals surface area contributed by atoms with Gasteiger partial charge in [-0.05, 0) is 30.3 Å². The van der Waals surface area contributed by atoms with Crippen molar-refractivity contribution in [1.29, 1.82) is 0 Å². The van der Waals surface area contributed by atoms with Gasteiger partial charge in [-0.3, -0.25) is 0 Å². The Bertz CT molecular complexity index is 540. The Morgan fingerprint density at radius 1 is 1.29 bits per heavy atom. The highest BCUT2D eigenvalue weighted by Crippen LogP contribution is 2.24. The average molecular weight is 291 g/mol. The van der Waals surface area contributed by atoms with Gasteiger partial charge in [-0.15, -0.1) is 0 Å². The largest absolute Gasteiger partial charge is 0.508 e. The van der Waals surface area contributed by atoms with Crippen molar-refractivity contribution in [1.82, 2.24) is 0 Å². The molecule has 0 saturated carbocycles. The maximum absolute atomic E-state index is 9.22. The van der Waals surface area contributed by atoms with Gasteiger partial charge in [-0.1, -0.05) is 25.9 Å². The summed E-state index contributed by atoms with van der Waals surface area (Å²) in [6.07, 6.45) is 3.89. The number of aromatic hydroxyl groups is 1. The molecule has 0 atom stereocenters. The van der Waals surface area contributed by atoms with Crippen molar-refractivity contribution in [2.75, 3.05) is 0 Å². The van der Waals surface area contributed by atoms with Crippen LogP contribution in [0.3, 0.4) is 0 Å². The van der Waals surface area contributed by atoms with Crippen molar-refractivity contribution in [3.8, 4) is 5.75 Å². The van der Waals surface area contributed by atoms with E-state index in [4.69, 9.17) is 15.9 Å². The molecule has 0 saturated heterocycles. The van der Waals surface area contributed by atoms with E-state index in [2.05, 4.69) is 10.1 Å². The van der Waals surface area contributed by atoms with Gasteiger partial charge in [0.05, 0.1) is 0 Å². The maximum atomic E-state index is 9.22. The van der Waals surface area contributed by atoms with Gasteiger partial charge in [0.1, 0.15) is 11.5 Å². The zero-order valence-corrected chi connectivity index (χ0v) is 12.4. The van der Waals surface area contributed by atoms with Gasteiger partial charge in [0.2, 0.25) is 0 Å². The predicted octanol–water partition coefficient (Wildman–Crippen LogP) is 2.81. The van der Waals surface area contributed by atoms with Crippen LogP contribution < -0.4 is 5.90 Å². The summed E-state index contributed by atoms with van der Waals surface area (Å²) in [5, 5.41) is 21.3. The van der Waals surface area contributed by atoms with E-state index in [1.54, 1.807) is 18.3 Å². The minimum Gasteiger partial charge on any atom is -0.508 e. The Labute approximate surface area is 124 Å². The van der Waals surface area contributed by atoms with Crippen molar-refractivity contribution >= 4 is 12.1 Å². The minimum atomic E-state index is -0.187. The van der Waals surface area contributed by atoms with E-state index in [9.17, 15) is 5.11 Å². The van der Waals surface area contributed by atoms with Gasteiger partial charge >= 0.3 is 0 Å². The van der Waals surface area contributed by atoms with Gasteiger partial charge in [0.15, 0.2) is 5.84 Å². The second kappa shape index (κ2) is 7.44. The fourth-order valence-corrected chi connectivity index (χ4v) is 1.60. The van der Waals surface area contributed by atoms with Crippen molar-refractivity contribution < 1.29 is 15.2 Å². The van der Waals surface area contributed by atoms with Crippen molar-refractivity contribution in [2.45, 2.75) is 27.2 Å². The molecule has 0 aromatic heterocycles. The molecule has 4 N–H and O–H groups in total. The van der Waals surface area contributed by atoms with Crippen LogP contribution in [0.25, 0.3) is 0 Å². The molecule has 1 aromatic rings. The fourth-order valence-electron chi connectivity index (χ4n) is 1.60. The van der Waals surface area contributed by atoms with Gasteiger partial charge in [-0.2, -0.15) is 5.90 Å². The Morgan fingerprint density at radius 2 is 1.90 bits per heavy atom. The second-order valence-corrected chi connectivity index (χ2v) is 5.45. The number of aliphatic imine (C=N–C) groups is 1. The fraction of sp³-hybridized carbons (Fsp3) is 0.333. The SMILES string of the molecule is CC(C)(C)/C(=C/CC=N/C(=N\O)c1ccc(O)cc1)ON. The van der Waals surface area contributed by atoms with Gasteiger partial charge in [0.25, 0.3) is 0 Å². The summed E-state index contributed by atoms with van der Waals surface area (Å²) in [7, 11) is 0. The lowest BCUT2D eigenvalue weighted by Gasteiger charge is -2.19. The molecule has 114 valence electrons. The van der Waals surface area contributed by atoms with Crippen LogP contribution in [0.15, 0.2) is 46.2 Å². The van der Waals surface area contributed by atoms with E-state index < -0.39 is 0 Å². The summed E-state index contributed by atoms with van der Waals surface area (Å²) >= 11 is 0. The minimum absolute atomic E-state index is 0.137. The number of nitrogens with zero attached hydrogens (tertiary/aromatic N) is 2. The second-order valence-electron chi connectivity index (χ2n) is 5.45. The quantitative estimate of drug-likeness (QED) is 0.261. The number of rotatable bonds is 4. The molecule has 0 amide bonds. The van der Waals surface area contributed by atoms with Crippen LogP contribution in [0, 0.1) is 5.41 Å². The highest BCUT2D eigenvalue weighted by atomic mass is 16.6. The molecule has 0 spiro atoms. The lowest BCUT2D eigenvalue weighted by Crippen LogP contribution is -2.15. The molecule has 0 unspecified atom stereocenters. The smallest absolute Gasteiger partial charge is 0.198 e. The van der Waals surface area contributed by atoms with E-state index in [-0.39, 0.29) is 17.0 Å². The molecular formula is C15H21N3O3. The molecule has 0 fully saturated rings. The molecule has 0 bridgehead atoms. The molecule has 6 nitrogen and oxygen atoms in total. The Kier molecular flexibility index (Phi) is 5.92. The molecule has 0 heterocycles. The van der Waals surface area contributed by atoms with E-state index >= 15 is 0 Å². The summed E-state index contributed by atoms with van der Waals surface area (Å²) in [5.41, 5.74) is 0.412. The first kappa shape index (κ1) is 16.7. The topological polar surface area (TPSA) is 100 Å². The number of oxime groups is 1. The van der Waals surface area contributed by atoms with Crippen LogP contribution in [0.2, 0.25) is 0 Å². The third-order valence-corrected chi connectivity index (χ3v) is 2.71. The van der Waals surface area contributed by atoms with Crippen LogP contribution in [0.5, 0.6) is 5.75 Å². The zero-order valence-electron chi connectivity index (χ0n) is 12.4. The molecule has 1 rings (SSSR count). The Morgan fingerprint density at radius 3 is 2.38 bits per heavy atom. The van der Waals surface area contributed by atoms with Crippen LogP contribution >= 0.6 is 0 Å². The van der Waals surface area contributed by atoms with Gasteiger partial charge in [0, 0.05) is 23.6 Å². The normalized spacial score (nSPS) is 13.7. The highest BCUT2D eigenvalue weighted by molar-refractivity contribution is 6.02. The van der Waals surface area contributed by atoms with Crippen molar-refractivity contribution in [2.24, 2.45) is 21.5 Å². The molecule has 0 aliphatic rings. The third-order valence-electron chi connectivity index (χ3n) is 2.71. The number of nitrogens with two attached hydrogens (primary N) is 1. The first-order chi connectivity index (χ1) is 9.88. The van der Waals surface area contributed by atoms with E-state index in [1.165, 1.54) is 12.1 Å². The standard InChI is InChI=1S/C15H21N3O3/c1-15(2,3)13(21-16)5-4-10-17-14(18-20)11-6-8-12(19)9-7-11/h5-10,19-20H,4,16H2,1-3H3/b13-5-,17-10?,18-14-. The van der Waals surface area contributed by atoms with Crippen molar-refractivity contribution in [3.05, 3.63) is 41.7 Å². The first-order valence-corrected chi connectivity index (χ1v) is 6.50. The summed E-state index contributed by atoms with van der Waals surface area (Å²) in [6, 6.07) is 6.22. The summed E-state index contributed by atoms with van der Waals surface area (Å²) in [6.45, 7) is 5.96. The van der Waals surface area contributed by atoms with Crippen LogP contribution in [-0.2, 0) is 4.84 Å². The number of benzene rings is 1. The number of amidine groups is 1. The van der Waals surface area contributed by atoms with E-state index in [1.807, 2.05) is 26.8 Å². The highest BCUT2D eigenvalue weighted by Gasteiger charge is 2.17. The number of allylic oxidation sites excluding steroid dienone is 2.